The van der Waals surface area contributed by atoms with Crippen LogP contribution in [-0.2, 0) is 6.54 Å². The van der Waals surface area contributed by atoms with Gasteiger partial charge >= 0.3 is 6.16 Å². The summed E-state index contributed by atoms with van der Waals surface area (Å²) in [5.74, 6) is -1.70. The van der Waals surface area contributed by atoms with Crippen LogP contribution < -0.4 is 4.74 Å². The Bertz CT molecular complexity index is 565. The Kier molecular flexibility index (Phi) is 3.18. The number of carbonyl (C=O) groups is 1. The van der Waals surface area contributed by atoms with Crippen LogP contribution in [0.25, 0.3) is 0 Å². The Hall–Kier alpha value is -2.51. The molecule has 6 nitrogen and oxygen atoms in total. The molecule has 0 aliphatic carbocycles. The van der Waals surface area contributed by atoms with Gasteiger partial charge in [0.1, 0.15) is 11.6 Å². The molecule has 0 aliphatic heterocycles. The summed E-state index contributed by atoms with van der Waals surface area (Å²) in [7, 11) is 0. The van der Waals surface area contributed by atoms with Crippen molar-refractivity contribution in [3.63, 3.8) is 0 Å². The lowest BCUT2D eigenvalue weighted by molar-refractivity contribution is 0.142. The van der Waals surface area contributed by atoms with Gasteiger partial charge in [-0.25, -0.2) is 18.3 Å². The first-order valence-corrected chi connectivity index (χ1v) is 4.80. The minimum absolute atomic E-state index is 0.190. The Balaban J connectivity index is 2.19. The Morgan fingerprint density at radius 3 is 2.67 bits per heavy atom. The largest absolute Gasteiger partial charge is 0.512 e. The average molecular weight is 255 g/mol. The highest BCUT2D eigenvalue weighted by Gasteiger charge is 2.11. The van der Waals surface area contributed by atoms with Gasteiger partial charge in [-0.15, -0.1) is 0 Å². The van der Waals surface area contributed by atoms with E-state index >= 15 is 0 Å². The number of ether oxygens (including phenoxy) is 1. The van der Waals surface area contributed by atoms with Crippen LogP contribution in [0.4, 0.5) is 13.6 Å². The first-order chi connectivity index (χ1) is 8.56. The Morgan fingerprint density at radius 2 is 2.06 bits per heavy atom. The smallest absolute Gasteiger partial charge is 0.449 e. The van der Waals surface area contributed by atoms with Gasteiger partial charge < -0.3 is 9.84 Å². The zero-order valence-corrected chi connectivity index (χ0v) is 8.88. The summed E-state index contributed by atoms with van der Waals surface area (Å²) in [4.78, 5) is 10.2. The number of halogens is 2. The molecule has 0 radical (unpaired) electrons. The standard InChI is InChI=1S/C10H7F2N3O3/c11-7-2-1-3-8(12)6(7)4-15-5-9(13-14-15)18-10(16)17/h1-3,5H,4H2,(H,16,17). The predicted molar refractivity (Wildman–Crippen MR) is 54.1 cm³/mol. The van der Waals surface area contributed by atoms with E-state index in [1.807, 2.05) is 0 Å². The van der Waals surface area contributed by atoms with Crippen molar-refractivity contribution in [3.8, 4) is 5.88 Å². The van der Waals surface area contributed by atoms with Crippen LogP contribution in [-0.4, -0.2) is 26.3 Å². The van der Waals surface area contributed by atoms with Crippen LogP contribution in [0.2, 0.25) is 0 Å². The lowest BCUT2D eigenvalue weighted by Gasteiger charge is -2.03. The van der Waals surface area contributed by atoms with E-state index in [4.69, 9.17) is 5.11 Å². The molecule has 1 heterocycles. The first-order valence-electron chi connectivity index (χ1n) is 4.80. The van der Waals surface area contributed by atoms with Crippen molar-refractivity contribution in [1.82, 2.24) is 15.0 Å². The highest BCUT2D eigenvalue weighted by molar-refractivity contribution is 5.59. The second-order valence-electron chi connectivity index (χ2n) is 3.32. The van der Waals surface area contributed by atoms with Gasteiger partial charge in [0, 0.05) is 5.56 Å². The molecule has 2 aromatic rings. The molecule has 0 spiro atoms. The second-order valence-corrected chi connectivity index (χ2v) is 3.32. The Morgan fingerprint density at radius 1 is 1.39 bits per heavy atom. The molecule has 0 fully saturated rings. The van der Waals surface area contributed by atoms with Crippen molar-refractivity contribution in [3.05, 3.63) is 41.6 Å². The van der Waals surface area contributed by atoms with Crippen molar-refractivity contribution < 1.29 is 23.4 Å². The molecule has 1 aromatic carbocycles. The lowest BCUT2D eigenvalue weighted by Crippen LogP contribution is -2.05. The molecular weight excluding hydrogens is 248 g/mol. The molecule has 0 amide bonds. The molecule has 8 heteroatoms. The van der Waals surface area contributed by atoms with E-state index in [2.05, 4.69) is 15.0 Å². The molecular formula is C10H7F2N3O3. The highest BCUT2D eigenvalue weighted by Crippen LogP contribution is 2.14. The minimum atomic E-state index is -1.54. The van der Waals surface area contributed by atoms with Crippen molar-refractivity contribution in [2.45, 2.75) is 6.54 Å². The predicted octanol–water partition coefficient (Wildman–Crippen LogP) is 1.66. The van der Waals surface area contributed by atoms with E-state index in [0.717, 1.165) is 23.0 Å². The molecule has 94 valence electrons. The number of benzene rings is 1. The van der Waals surface area contributed by atoms with Crippen molar-refractivity contribution in [2.24, 2.45) is 0 Å². The maximum Gasteiger partial charge on any atom is 0.512 e. The van der Waals surface area contributed by atoms with Crippen LogP contribution in [0.15, 0.2) is 24.4 Å². The van der Waals surface area contributed by atoms with E-state index in [1.165, 1.54) is 6.07 Å². The summed E-state index contributed by atoms with van der Waals surface area (Å²) in [5.41, 5.74) is -0.190. The number of hydrogen-bond donors (Lipinski definition) is 1. The summed E-state index contributed by atoms with van der Waals surface area (Å²) in [5, 5.41) is 15.2. The van der Waals surface area contributed by atoms with Gasteiger partial charge in [0.25, 0.3) is 5.88 Å². The van der Waals surface area contributed by atoms with E-state index in [0.29, 0.717) is 0 Å². The summed E-state index contributed by atoms with van der Waals surface area (Å²) < 4.78 is 31.9. The second kappa shape index (κ2) is 4.78. The maximum atomic E-state index is 13.3. The molecule has 18 heavy (non-hydrogen) atoms. The summed E-state index contributed by atoms with van der Waals surface area (Å²) in [6.45, 7) is -0.214. The van der Waals surface area contributed by atoms with E-state index < -0.39 is 17.8 Å². The van der Waals surface area contributed by atoms with Crippen LogP contribution >= 0.6 is 0 Å². The normalized spacial score (nSPS) is 10.3. The van der Waals surface area contributed by atoms with Gasteiger partial charge in [-0.1, -0.05) is 16.4 Å². The molecule has 0 aliphatic rings. The molecule has 0 unspecified atom stereocenters. The average Bonchev–Trinajstić information content (AvgIpc) is 2.70. The van der Waals surface area contributed by atoms with Crippen LogP contribution in [0.3, 0.4) is 0 Å². The molecule has 1 aromatic heterocycles. The Labute approximate surface area is 99.4 Å². The third kappa shape index (κ3) is 2.59. The number of hydrogen-bond acceptors (Lipinski definition) is 4. The van der Waals surface area contributed by atoms with Crippen molar-refractivity contribution >= 4 is 6.16 Å². The molecule has 0 atom stereocenters. The molecule has 0 bridgehead atoms. The molecule has 0 saturated carbocycles. The van der Waals surface area contributed by atoms with Crippen LogP contribution in [0.1, 0.15) is 5.56 Å². The van der Waals surface area contributed by atoms with E-state index in [1.54, 1.807) is 0 Å². The van der Waals surface area contributed by atoms with Gasteiger partial charge in [0.2, 0.25) is 0 Å². The van der Waals surface area contributed by atoms with Gasteiger partial charge in [0.15, 0.2) is 0 Å². The van der Waals surface area contributed by atoms with Gasteiger partial charge in [-0.3, -0.25) is 0 Å². The molecule has 2 rings (SSSR count). The number of rotatable bonds is 3. The molecule has 0 saturated heterocycles. The van der Waals surface area contributed by atoms with Gasteiger partial charge in [-0.2, -0.15) is 0 Å². The fourth-order valence-electron chi connectivity index (χ4n) is 1.34. The molecule has 1 N–H and O–H groups in total. The zero-order chi connectivity index (χ0) is 13.1. The fraction of sp³-hybridized carbons (Fsp3) is 0.100. The van der Waals surface area contributed by atoms with Gasteiger partial charge in [0.05, 0.1) is 12.7 Å². The van der Waals surface area contributed by atoms with E-state index in [9.17, 15) is 13.6 Å². The SMILES string of the molecule is O=C(O)Oc1cn(Cc2c(F)cccc2F)nn1. The summed E-state index contributed by atoms with van der Waals surface area (Å²) in [6, 6.07) is 3.47. The minimum Gasteiger partial charge on any atom is -0.449 e. The first kappa shape index (κ1) is 12.0. The van der Waals surface area contributed by atoms with E-state index in [-0.39, 0.29) is 18.0 Å². The number of aromatic nitrogens is 3. The monoisotopic (exact) mass is 255 g/mol. The van der Waals surface area contributed by atoms with Gasteiger partial charge in [-0.05, 0) is 12.1 Å². The van der Waals surface area contributed by atoms with Crippen molar-refractivity contribution in [1.29, 1.82) is 0 Å². The third-order valence-corrected chi connectivity index (χ3v) is 2.09. The quantitative estimate of drug-likeness (QED) is 0.844. The maximum absolute atomic E-state index is 13.3. The number of nitrogens with zero attached hydrogens (tertiary/aromatic N) is 3. The fourth-order valence-corrected chi connectivity index (χ4v) is 1.34. The lowest BCUT2D eigenvalue weighted by atomic mass is 10.2. The summed E-state index contributed by atoms with van der Waals surface area (Å²) >= 11 is 0. The van der Waals surface area contributed by atoms with Crippen LogP contribution in [0, 0.1) is 11.6 Å². The zero-order valence-electron chi connectivity index (χ0n) is 8.88. The topological polar surface area (TPSA) is 77.2 Å². The van der Waals surface area contributed by atoms with Crippen molar-refractivity contribution in [2.75, 3.05) is 0 Å². The third-order valence-electron chi connectivity index (χ3n) is 2.09. The number of carboxylic acid groups (broad SMARTS) is 1. The summed E-state index contributed by atoms with van der Waals surface area (Å²) in [6.07, 6.45) is -0.417. The highest BCUT2D eigenvalue weighted by atomic mass is 19.1. The van der Waals surface area contributed by atoms with Crippen LogP contribution in [0.5, 0.6) is 5.88 Å².